The first-order valence-corrected chi connectivity index (χ1v) is 9.45. The summed E-state index contributed by atoms with van der Waals surface area (Å²) in [5.41, 5.74) is 4.44. The highest BCUT2D eigenvalue weighted by Gasteiger charge is 2.21. The molecule has 154 valence electrons. The fraction of sp³-hybridized carbons (Fsp3) is 0.273. The summed E-state index contributed by atoms with van der Waals surface area (Å²) in [4.78, 5) is 24.6. The summed E-state index contributed by atoms with van der Waals surface area (Å²) in [5.74, 6) is -0.733. The molecule has 0 saturated heterocycles. The number of hydrogen-bond acceptors (Lipinski definition) is 5. The molecule has 1 N–H and O–H groups in total. The summed E-state index contributed by atoms with van der Waals surface area (Å²) < 4.78 is 8.43. The van der Waals surface area contributed by atoms with Crippen molar-refractivity contribution in [3.8, 4) is 11.8 Å². The highest BCUT2D eigenvalue weighted by molar-refractivity contribution is 5.94. The molecule has 1 aromatic carbocycles. The van der Waals surface area contributed by atoms with Crippen LogP contribution < -0.4 is 5.32 Å². The van der Waals surface area contributed by atoms with Crippen LogP contribution in [0.5, 0.6) is 0 Å². The van der Waals surface area contributed by atoms with Crippen LogP contribution in [-0.2, 0) is 20.9 Å². The van der Waals surface area contributed by atoms with Crippen LogP contribution in [-0.4, -0.2) is 32.8 Å². The first-order valence-electron chi connectivity index (χ1n) is 9.45. The minimum Gasteiger partial charge on any atom is -0.454 e. The predicted octanol–water partition coefficient (Wildman–Crippen LogP) is 2.96. The number of hydrogen-bond donors (Lipinski definition) is 1. The third kappa shape index (κ3) is 4.25. The van der Waals surface area contributed by atoms with Crippen molar-refractivity contribution in [2.45, 2.75) is 34.2 Å². The third-order valence-electron chi connectivity index (χ3n) is 4.84. The van der Waals surface area contributed by atoms with E-state index in [9.17, 15) is 14.9 Å². The van der Waals surface area contributed by atoms with Gasteiger partial charge in [0, 0.05) is 17.1 Å². The Labute approximate surface area is 174 Å². The molecular formula is C22H23N5O3. The van der Waals surface area contributed by atoms with Crippen molar-refractivity contribution in [2.24, 2.45) is 0 Å². The van der Waals surface area contributed by atoms with Crippen LogP contribution in [0.25, 0.3) is 5.69 Å². The van der Waals surface area contributed by atoms with Gasteiger partial charge < -0.3 is 10.1 Å². The molecule has 3 aromatic rings. The molecule has 8 heteroatoms. The van der Waals surface area contributed by atoms with E-state index < -0.39 is 18.5 Å². The number of nitrogens with one attached hydrogen (secondary N) is 1. The Bertz CT molecular complexity index is 1140. The van der Waals surface area contributed by atoms with E-state index in [1.807, 2.05) is 68.7 Å². The first kappa shape index (κ1) is 20.9. The van der Waals surface area contributed by atoms with Crippen LogP contribution in [0, 0.1) is 39.0 Å². The number of anilines is 1. The Morgan fingerprint density at radius 1 is 1.17 bits per heavy atom. The van der Waals surface area contributed by atoms with Gasteiger partial charge in [-0.1, -0.05) is 18.2 Å². The zero-order valence-electron chi connectivity index (χ0n) is 17.4. The summed E-state index contributed by atoms with van der Waals surface area (Å²) in [7, 11) is 0. The molecule has 2 heterocycles. The molecule has 0 saturated carbocycles. The van der Waals surface area contributed by atoms with Gasteiger partial charge in [-0.15, -0.1) is 0 Å². The van der Waals surface area contributed by atoms with Crippen LogP contribution in [0.4, 0.5) is 5.82 Å². The second kappa shape index (κ2) is 8.66. The van der Waals surface area contributed by atoms with Crippen molar-refractivity contribution < 1.29 is 14.3 Å². The van der Waals surface area contributed by atoms with Gasteiger partial charge in [0.25, 0.3) is 5.91 Å². The van der Waals surface area contributed by atoms with Crippen LogP contribution in [0.3, 0.4) is 0 Å². The highest BCUT2D eigenvalue weighted by atomic mass is 16.5. The Balaban J connectivity index is 1.74. The molecule has 0 unspecified atom stereocenters. The summed E-state index contributed by atoms with van der Waals surface area (Å²) in [6, 6.07) is 13.4. The number of amides is 1. The van der Waals surface area contributed by atoms with Gasteiger partial charge in [0.15, 0.2) is 6.61 Å². The number of carbonyl (C=O) groups excluding carboxylic acids is 2. The fourth-order valence-electron chi connectivity index (χ4n) is 3.28. The summed E-state index contributed by atoms with van der Waals surface area (Å²) >= 11 is 0. The molecule has 0 aliphatic rings. The van der Waals surface area contributed by atoms with Gasteiger partial charge in [-0.25, -0.2) is 0 Å². The number of nitrogens with zero attached hydrogens (tertiary/aromatic N) is 4. The van der Waals surface area contributed by atoms with Gasteiger partial charge in [-0.2, -0.15) is 10.4 Å². The maximum atomic E-state index is 12.5. The summed E-state index contributed by atoms with van der Waals surface area (Å²) in [6.07, 6.45) is 0. The minimum absolute atomic E-state index is 0.0744. The van der Waals surface area contributed by atoms with Crippen LogP contribution >= 0.6 is 0 Å². The number of aromatic nitrogens is 3. The number of para-hydroxylation sites is 1. The van der Waals surface area contributed by atoms with Gasteiger partial charge in [-0.3, -0.25) is 18.8 Å². The van der Waals surface area contributed by atoms with E-state index in [0.29, 0.717) is 11.4 Å². The van der Waals surface area contributed by atoms with E-state index in [4.69, 9.17) is 4.74 Å². The second-order valence-electron chi connectivity index (χ2n) is 7.01. The Morgan fingerprint density at radius 2 is 1.87 bits per heavy atom. The van der Waals surface area contributed by atoms with Crippen molar-refractivity contribution in [3.05, 3.63) is 64.6 Å². The molecular weight excluding hydrogens is 382 g/mol. The van der Waals surface area contributed by atoms with Crippen molar-refractivity contribution in [2.75, 3.05) is 11.9 Å². The molecule has 0 fully saturated rings. The van der Waals surface area contributed by atoms with E-state index in [0.717, 1.165) is 28.3 Å². The maximum Gasteiger partial charge on any atom is 0.328 e. The third-order valence-corrected chi connectivity index (χ3v) is 4.84. The lowest BCUT2D eigenvalue weighted by Crippen LogP contribution is -2.24. The average molecular weight is 405 g/mol. The number of esters is 1. The first-order chi connectivity index (χ1) is 14.3. The summed E-state index contributed by atoms with van der Waals surface area (Å²) in [5, 5.41) is 16.5. The Morgan fingerprint density at radius 3 is 2.47 bits per heavy atom. The molecule has 0 bridgehead atoms. The molecule has 3 rings (SSSR count). The van der Waals surface area contributed by atoms with E-state index in [-0.39, 0.29) is 6.54 Å². The maximum absolute atomic E-state index is 12.5. The highest BCUT2D eigenvalue weighted by Crippen LogP contribution is 2.29. The number of nitriles is 1. The molecule has 0 aliphatic heterocycles. The van der Waals surface area contributed by atoms with Crippen molar-refractivity contribution in [3.63, 3.8) is 0 Å². The topological polar surface area (TPSA) is 102 Å². The van der Waals surface area contributed by atoms with E-state index in [1.54, 1.807) is 0 Å². The molecule has 0 atom stereocenters. The predicted molar refractivity (Wildman–Crippen MR) is 111 cm³/mol. The molecule has 0 spiro atoms. The lowest BCUT2D eigenvalue weighted by Gasteiger charge is -2.13. The van der Waals surface area contributed by atoms with Crippen LogP contribution in [0.2, 0.25) is 0 Å². The SMILES string of the molecule is Cc1cc(C)n(CC(=O)OCC(=O)Nc2c(C#N)c(C)c(C)n2-c2ccccc2)n1. The Kier molecular flexibility index (Phi) is 6.02. The standard InChI is InChI=1S/C22H23N5O3/c1-14-10-15(2)26(25-14)12-21(29)30-13-20(28)24-22-19(11-23)16(3)17(4)27(22)18-8-6-5-7-9-18/h5-10H,12-13H2,1-4H3,(H,24,28). The number of ether oxygens (including phenoxy) is 1. The number of benzene rings is 1. The lowest BCUT2D eigenvalue weighted by atomic mass is 10.2. The van der Waals surface area contributed by atoms with Crippen molar-refractivity contribution in [1.29, 1.82) is 5.26 Å². The molecule has 0 aliphatic carbocycles. The van der Waals surface area contributed by atoms with Gasteiger partial charge in [0.2, 0.25) is 0 Å². The van der Waals surface area contributed by atoms with E-state index >= 15 is 0 Å². The number of rotatable bonds is 6. The summed E-state index contributed by atoms with van der Waals surface area (Å²) in [6.45, 7) is 6.85. The van der Waals surface area contributed by atoms with Crippen LogP contribution in [0.15, 0.2) is 36.4 Å². The van der Waals surface area contributed by atoms with E-state index in [1.165, 1.54) is 4.68 Å². The largest absolute Gasteiger partial charge is 0.454 e. The molecule has 0 radical (unpaired) electrons. The minimum atomic E-state index is -0.567. The average Bonchev–Trinajstić information content (AvgIpc) is 3.15. The molecule has 2 aromatic heterocycles. The van der Waals surface area contributed by atoms with Crippen molar-refractivity contribution >= 4 is 17.7 Å². The number of carbonyl (C=O) groups is 2. The van der Waals surface area contributed by atoms with Gasteiger partial charge >= 0.3 is 5.97 Å². The Hall–Kier alpha value is -3.86. The van der Waals surface area contributed by atoms with Crippen LogP contribution in [0.1, 0.15) is 28.2 Å². The normalized spacial score (nSPS) is 10.5. The monoisotopic (exact) mass is 405 g/mol. The lowest BCUT2D eigenvalue weighted by molar-refractivity contribution is -0.148. The molecule has 30 heavy (non-hydrogen) atoms. The zero-order chi connectivity index (χ0) is 21.8. The fourth-order valence-corrected chi connectivity index (χ4v) is 3.28. The molecule has 1 amide bonds. The second-order valence-corrected chi connectivity index (χ2v) is 7.01. The smallest absolute Gasteiger partial charge is 0.328 e. The van der Waals surface area contributed by atoms with Crippen molar-refractivity contribution in [1.82, 2.24) is 14.3 Å². The number of aryl methyl sites for hydroxylation is 2. The van der Waals surface area contributed by atoms with Gasteiger partial charge in [0.05, 0.1) is 11.3 Å². The van der Waals surface area contributed by atoms with E-state index in [2.05, 4.69) is 16.5 Å². The molecule has 8 nitrogen and oxygen atoms in total. The zero-order valence-corrected chi connectivity index (χ0v) is 17.4. The van der Waals surface area contributed by atoms with Gasteiger partial charge in [0.1, 0.15) is 18.4 Å². The van der Waals surface area contributed by atoms with Gasteiger partial charge in [-0.05, 0) is 51.5 Å². The quantitative estimate of drug-likeness (QED) is 0.635.